The van der Waals surface area contributed by atoms with Gasteiger partial charge in [0.15, 0.2) is 0 Å². The van der Waals surface area contributed by atoms with Crippen molar-refractivity contribution in [1.29, 1.82) is 0 Å². The van der Waals surface area contributed by atoms with Crippen molar-refractivity contribution in [2.75, 3.05) is 11.5 Å². The van der Waals surface area contributed by atoms with Crippen molar-refractivity contribution >= 4 is 52.3 Å². The van der Waals surface area contributed by atoms with Crippen molar-refractivity contribution in [3.63, 3.8) is 0 Å². The normalized spacial score (nSPS) is 10.7. The first-order valence-electron chi connectivity index (χ1n) is 7.70. The first-order chi connectivity index (χ1) is 13.3. The Morgan fingerprint density at radius 1 is 1.00 bits per heavy atom. The molecule has 0 saturated carbocycles. The minimum atomic E-state index is -0.583. The molecule has 2 aromatic carbocycles. The minimum absolute atomic E-state index is 0.0263. The lowest BCUT2D eigenvalue weighted by atomic mass is 10.0. The Labute approximate surface area is 174 Å². The number of hydrogen-bond acceptors (Lipinski definition) is 7. The molecule has 4 N–H and O–H groups in total. The Hall–Kier alpha value is -2.81. The lowest BCUT2D eigenvalue weighted by Crippen LogP contribution is -2.09. The van der Waals surface area contributed by atoms with E-state index in [4.69, 9.17) is 51.0 Å². The van der Waals surface area contributed by atoms with Gasteiger partial charge in [-0.1, -0.05) is 40.9 Å². The molecule has 28 heavy (non-hydrogen) atoms. The number of ether oxygens (including phenoxy) is 1. The molecule has 1 aromatic heterocycles. The van der Waals surface area contributed by atoms with E-state index < -0.39 is 4.92 Å². The van der Waals surface area contributed by atoms with E-state index in [-0.39, 0.29) is 29.1 Å². The highest BCUT2D eigenvalue weighted by atomic mass is 35.5. The number of hydrogen-bond donors (Lipinski definition) is 2. The monoisotopic (exact) mass is 439 g/mol. The van der Waals surface area contributed by atoms with Crippen LogP contribution in [-0.2, 0) is 6.61 Å². The highest BCUT2D eigenvalue weighted by Gasteiger charge is 2.17. The van der Waals surface area contributed by atoms with Crippen LogP contribution in [0.1, 0.15) is 5.69 Å². The summed E-state index contributed by atoms with van der Waals surface area (Å²) in [6.07, 6.45) is 0. The molecule has 0 amide bonds. The van der Waals surface area contributed by atoms with Gasteiger partial charge in [-0.25, -0.2) is 4.98 Å². The molecule has 11 heteroatoms. The van der Waals surface area contributed by atoms with Crippen molar-refractivity contribution in [1.82, 2.24) is 9.97 Å². The maximum absolute atomic E-state index is 10.9. The summed E-state index contributed by atoms with van der Waals surface area (Å²) in [7, 11) is 0. The molecule has 0 aliphatic carbocycles. The second-order valence-corrected chi connectivity index (χ2v) is 6.80. The van der Waals surface area contributed by atoms with E-state index in [0.29, 0.717) is 32.6 Å². The summed E-state index contributed by atoms with van der Waals surface area (Å²) in [5, 5.41) is 11.5. The zero-order valence-corrected chi connectivity index (χ0v) is 16.3. The van der Waals surface area contributed by atoms with Gasteiger partial charge in [-0.15, -0.1) is 0 Å². The average molecular weight is 441 g/mol. The van der Waals surface area contributed by atoms with E-state index in [1.54, 1.807) is 18.2 Å². The van der Waals surface area contributed by atoms with E-state index in [9.17, 15) is 10.1 Å². The zero-order valence-electron chi connectivity index (χ0n) is 14.0. The minimum Gasteiger partial charge on any atom is -0.487 e. The molecule has 3 aromatic rings. The zero-order chi connectivity index (χ0) is 20.4. The molecule has 0 aliphatic heterocycles. The van der Waals surface area contributed by atoms with Crippen LogP contribution in [0.25, 0.3) is 11.1 Å². The Kier molecular flexibility index (Phi) is 5.73. The number of benzene rings is 2. The molecule has 0 atom stereocenters. The van der Waals surface area contributed by atoms with Crippen molar-refractivity contribution < 1.29 is 9.66 Å². The first kappa shape index (κ1) is 19.9. The summed E-state index contributed by atoms with van der Waals surface area (Å²) >= 11 is 18.0. The number of halogens is 3. The average Bonchev–Trinajstić information content (AvgIpc) is 2.62. The second-order valence-electron chi connectivity index (χ2n) is 5.58. The second kappa shape index (κ2) is 8.05. The maximum atomic E-state index is 10.9. The summed E-state index contributed by atoms with van der Waals surface area (Å²) in [6, 6.07) is 8.98. The van der Waals surface area contributed by atoms with E-state index >= 15 is 0 Å². The summed E-state index contributed by atoms with van der Waals surface area (Å²) in [6.45, 7) is -0.0410. The topological polar surface area (TPSA) is 130 Å². The van der Waals surface area contributed by atoms with Crippen molar-refractivity contribution in [2.24, 2.45) is 0 Å². The number of nitrogens with two attached hydrogens (primary N) is 2. The molecule has 0 aliphatic rings. The number of nitrogens with zero attached hydrogens (tertiary/aromatic N) is 3. The van der Waals surface area contributed by atoms with E-state index in [1.165, 1.54) is 18.2 Å². The fraction of sp³-hybridized carbons (Fsp3) is 0.0588. The van der Waals surface area contributed by atoms with Gasteiger partial charge in [-0.3, -0.25) is 10.1 Å². The van der Waals surface area contributed by atoms with Gasteiger partial charge in [-0.05, 0) is 23.8 Å². The number of rotatable bonds is 5. The van der Waals surface area contributed by atoms with Crippen molar-refractivity contribution in [2.45, 2.75) is 6.61 Å². The van der Waals surface area contributed by atoms with Gasteiger partial charge >= 0.3 is 0 Å². The van der Waals surface area contributed by atoms with Crippen molar-refractivity contribution in [3.05, 3.63) is 67.3 Å². The largest absolute Gasteiger partial charge is 0.487 e. The van der Waals surface area contributed by atoms with Crippen LogP contribution in [0, 0.1) is 10.1 Å². The van der Waals surface area contributed by atoms with Gasteiger partial charge in [0, 0.05) is 17.7 Å². The SMILES string of the molecule is Nc1nc(N)c(-c2ccc(Cl)c(Cl)c2)c(COc2ccc([N+](=O)[O-])c(Cl)c2)n1. The molecule has 3 rings (SSSR count). The maximum Gasteiger partial charge on any atom is 0.288 e. The molecular weight excluding hydrogens is 429 g/mol. The lowest BCUT2D eigenvalue weighted by molar-refractivity contribution is -0.384. The summed E-state index contributed by atoms with van der Waals surface area (Å²) in [5.74, 6) is 0.430. The molecule has 0 spiro atoms. The third-order valence-corrected chi connectivity index (χ3v) is 4.77. The Morgan fingerprint density at radius 3 is 2.39 bits per heavy atom. The molecule has 0 bridgehead atoms. The van der Waals surface area contributed by atoms with Crippen LogP contribution in [0.2, 0.25) is 15.1 Å². The first-order valence-corrected chi connectivity index (χ1v) is 8.83. The molecule has 0 radical (unpaired) electrons. The highest BCUT2D eigenvalue weighted by Crippen LogP contribution is 2.34. The molecule has 0 saturated heterocycles. The molecule has 0 fully saturated rings. The predicted molar refractivity (Wildman–Crippen MR) is 109 cm³/mol. The van der Waals surface area contributed by atoms with E-state index in [0.717, 1.165) is 0 Å². The smallest absolute Gasteiger partial charge is 0.288 e. The number of nitrogen functional groups attached to an aromatic ring is 2. The van der Waals surface area contributed by atoms with Gasteiger partial charge in [0.1, 0.15) is 23.2 Å². The molecular formula is C17H12Cl3N5O3. The fourth-order valence-corrected chi connectivity index (χ4v) is 3.03. The summed E-state index contributed by atoms with van der Waals surface area (Å²) in [5.41, 5.74) is 13.0. The lowest BCUT2D eigenvalue weighted by Gasteiger charge is -2.14. The summed E-state index contributed by atoms with van der Waals surface area (Å²) < 4.78 is 5.67. The van der Waals surface area contributed by atoms with Crippen LogP contribution in [0.15, 0.2) is 36.4 Å². The van der Waals surface area contributed by atoms with Crippen LogP contribution in [-0.4, -0.2) is 14.9 Å². The van der Waals surface area contributed by atoms with E-state index in [1.807, 2.05) is 0 Å². The molecule has 1 heterocycles. The number of aromatic nitrogens is 2. The number of nitro groups is 1. The molecule has 8 nitrogen and oxygen atoms in total. The van der Waals surface area contributed by atoms with Crippen LogP contribution < -0.4 is 16.2 Å². The predicted octanol–water partition coefficient (Wildman–Crippen LogP) is 4.76. The Morgan fingerprint density at radius 2 is 1.75 bits per heavy atom. The number of anilines is 2. The van der Waals surface area contributed by atoms with Gasteiger partial charge in [0.2, 0.25) is 5.95 Å². The van der Waals surface area contributed by atoms with Gasteiger partial charge in [0.05, 0.1) is 20.7 Å². The van der Waals surface area contributed by atoms with E-state index in [2.05, 4.69) is 9.97 Å². The van der Waals surface area contributed by atoms with Crippen LogP contribution in [0.4, 0.5) is 17.5 Å². The third-order valence-electron chi connectivity index (χ3n) is 3.73. The van der Waals surface area contributed by atoms with Crippen LogP contribution in [0.3, 0.4) is 0 Å². The van der Waals surface area contributed by atoms with Crippen LogP contribution in [0.5, 0.6) is 5.75 Å². The quantitative estimate of drug-likeness (QED) is 0.432. The number of nitro benzene ring substituents is 1. The highest BCUT2D eigenvalue weighted by molar-refractivity contribution is 6.42. The standard InChI is InChI=1S/C17H12Cl3N5O3/c18-10-3-1-8(5-11(10)19)15-13(23-17(22)24-16(15)21)7-28-9-2-4-14(25(26)27)12(20)6-9/h1-6H,7H2,(H4,21,22,23,24). The third kappa shape index (κ3) is 4.19. The van der Waals surface area contributed by atoms with Crippen LogP contribution >= 0.6 is 34.8 Å². The van der Waals surface area contributed by atoms with Gasteiger partial charge in [0.25, 0.3) is 5.69 Å². The van der Waals surface area contributed by atoms with Gasteiger partial charge in [-0.2, -0.15) is 4.98 Å². The molecule has 0 unspecified atom stereocenters. The summed E-state index contributed by atoms with van der Waals surface area (Å²) in [4.78, 5) is 18.4. The molecule has 144 valence electrons. The Balaban J connectivity index is 1.95. The van der Waals surface area contributed by atoms with Gasteiger partial charge < -0.3 is 16.2 Å². The fourth-order valence-electron chi connectivity index (χ4n) is 2.49. The Bertz CT molecular complexity index is 1080. The van der Waals surface area contributed by atoms with Crippen molar-refractivity contribution in [3.8, 4) is 16.9 Å².